The van der Waals surface area contributed by atoms with Crippen LogP contribution in [-0.2, 0) is 22.5 Å². The number of ether oxygens (including phenoxy) is 1. The normalized spacial score (nSPS) is 23.5. The molecule has 7 nitrogen and oxygen atoms in total. The number of morpholine rings is 1. The second-order valence-electron chi connectivity index (χ2n) is 9.61. The molecule has 5 rings (SSSR count). The largest absolute Gasteiger partial charge is 0.378 e. The van der Waals surface area contributed by atoms with E-state index in [1.54, 1.807) is 0 Å². The molecule has 3 saturated heterocycles. The average molecular weight is 454 g/mol. The Labute approximate surface area is 194 Å². The summed E-state index contributed by atoms with van der Waals surface area (Å²) in [6.07, 6.45) is 5.24. The second-order valence-corrected chi connectivity index (χ2v) is 9.61. The minimum Gasteiger partial charge on any atom is -0.378 e. The molecule has 0 bridgehead atoms. The number of nitrogens with zero attached hydrogens (tertiary/aromatic N) is 5. The highest BCUT2D eigenvalue weighted by molar-refractivity contribution is 5.85. The summed E-state index contributed by atoms with van der Waals surface area (Å²) in [5, 5.41) is 0. The van der Waals surface area contributed by atoms with Gasteiger partial charge in [-0.15, -0.1) is 0 Å². The quantitative estimate of drug-likeness (QED) is 0.693. The van der Waals surface area contributed by atoms with Crippen molar-refractivity contribution in [3.8, 4) is 0 Å². The Bertz CT molecular complexity index is 971. The van der Waals surface area contributed by atoms with Crippen LogP contribution in [0.2, 0.25) is 0 Å². The summed E-state index contributed by atoms with van der Waals surface area (Å²) in [6.45, 7) is 5.63. The van der Waals surface area contributed by atoms with E-state index in [0.29, 0.717) is 13.2 Å². The summed E-state index contributed by atoms with van der Waals surface area (Å²) in [5.74, 6) is 0.825. The van der Waals surface area contributed by atoms with Crippen LogP contribution in [0, 0.1) is 11.2 Å². The van der Waals surface area contributed by atoms with Crippen LogP contribution < -0.4 is 4.90 Å². The highest BCUT2D eigenvalue weighted by atomic mass is 19.1. The van der Waals surface area contributed by atoms with Crippen LogP contribution >= 0.6 is 0 Å². The monoisotopic (exact) mass is 453 g/mol. The molecular formula is C25H32FN5O2. The molecular weight excluding hydrogens is 421 g/mol. The van der Waals surface area contributed by atoms with Gasteiger partial charge in [-0.2, -0.15) is 0 Å². The van der Waals surface area contributed by atoms with Crippen LogP contribution in [0.15, 0.2) is 36.5 Å². The summed E-state index contributed by atoms with van der Waals surface area (Å²) in [6, 6.07) is 8.81. The average Bonchev–Trinajstić information content (AvgIpc) is 3.07. The highest BCUT2D eigenvalue weighted by Crippen LogP contribution is 2.44. The lowest BCUT2D eigenvalue weighted by Gasteiger charge is -2.37. The van der Waals surface area contributed by atoms with Gasteiger partial charge < -0.3 is 14.5 Å². The molecule has 0 unspecified atom stereocenters. The molecule has 3 fully saturated rings. The first-order chi connectivity index (χ1) is 16.0. The van der Waals surface area contributed by atoms with Crippen molar-refractivity contribution < 1.29 is 13.9 Å². The van der Waals surface area contributed by atoms with Gasteiger partial charge in [0.25, 0.3) is 0 Å². The topological polar surface area (TPSA) is 61.8 Å². The molecule has 1 atom stereocenters. The zero-order valence-corrected chi connectivity index (χ0v) is 19.3. The number of amides is 1. The first-order valence-corrected chi connectivity index (χ1v) is 11.9. The fourth-order valence-corrected chi connectivity index (χ4v) is 5.49. The van der Waals surface area contributed by atoms with E-state index >= 15 is 0 Å². The Morgan fingerprint density at radius 1 is 1.09 bits per heavy atom. The number of halogens is 1. The van der Waals surface area contributed by atoms with Gasteiger partial charge in [0.15, 0.2) is 0 Å². The third-order valence-corrected chi connectivity index (χ3v) is 7.53. The maximum atomic E-state index is 13.2. The van der Waals surface area contributed by atoms with E-state index in [1.807, 2.05) is 36.3 Å². The molecule has 1 spiro atoms. The molecule has 4 heterocycles. The van der Waals surface area contributed by atoms with E-state index in [9.17, 15) is 9.18 Å². The highest BCUT2D eigenvalue weighted by Gasteiger charge is 2.51. The standard InChI is InChI=1S/C25H32FN5O2/c1-29-22(16-19-2-4-20(26)5-3-19)17-25(23(29)32)7-10-30(11-8-25)18-21-6-9-27-24(28-21)31-12-14-33-15-13-31/h2-6,9,22H,7-8,10-18H2,1H3/t22-/m0/s1. The molecule has 8 heteroatoms. The number of carbonyl (C=O) groups is 1. The summed E-state index contributed by atoms with van der Waals surface area (Å²) < 4.78 is 18.7. The number of anilines is 1. The molecule has 33 heavy (non-hydrogen) atoms. The molecule has 1 amide bonds. The molecule has 1 aromatic carbocycles. The predicted molar refractivity (Wildman–Crippen MR) is 123 cm³/mol. The van der Waals surface area contributed by atoms with Crippen LogP contribution in [0.5, 0.6) is 0 Å². The third-order valence-electron chi connectivity index (χ3n) is 7.53. The molecule has 0 aliphatic carbocycles. The van der Waals surface area contributed by atoms with E-state index in [4.69, 9.17) is 9.72 Å². The van der Waals surface area contributed by atoms with Crippen molar-refractivity contribution >= 4 is 11.9 Å². The molecule has 2 aromatic rings. The van der Waals surface area contributed by atoms with Gasteiger partial charge in [0.1, 0.15) is 5.82 Å². The summed E-state index contributed by atoms with van der Waals surface area (Å²) in [7, 11) is 1.92. The first-order valence-electron chi connectivity index (χ1n) is 11.9. The number of hydrogen-bond acceptors (Lipinski definition) is 6. The van der Waals surface area contributed by atoms with Crippen molar-refractivity contribution in [2.45, 2.75) is 38.3 Å². The van der Waals surface area contributed by atoms with E-state index in [-0.39, 0.29) is 23.2 Å². The zero-order valence-electron chi connectivity index (χ0n) is 19.3. The van der Waals surface area contributed by atoms with Crippen molar-refractivity contribution in [1.82, 2.24) is 19.8 Å². The summed E-state index contributed by atoms with van der Waals surface area (Å²) >= 11 is 0. The smallest absolute Gasteiger partial charge is 0.228 e. The number of carbonyl (C=O) groups excluding carboxylic acids is 1. The summed E-state index contributed by atoms with van der Waals surface area (Å²) in [4.78, 5) is 29.0. The van der Waals surface area contributed by atoms with Gasteiger partial charge in [0.05, 0.1) is 24.3 Å². The van der Waals surface area contributed by atoms with Gasteiger partial charge in [-0.25, -0.2) is 14.4 Å². The molecule has 0 N–H and O–H groups in total. The molecule has 0 saturated carbocycles. The van der Waals surface area contributed by atoms with Gasteiger partial charge in [0.2, 0.25) is 11.9 Å². The number of likely N-dealkylation sites (N-methyl/N-ethyl adjacent to an activating group) is 1. The Hall–Kier alpha value is -2.58. The fraction of sp³-hybridized carbons (Fsp3) is 0.560. The van der Waals surface area contributed by atoms with Crippen LogP contribution in [0.1, 0.15) is 30.5 Å². The number of piperidine rings is 1. The van der Waals surface area contributed by atoms with Crippen LogP contribution in [0.4, 0.5) is 10.3 Å². The van der Waals surface area contributed by atoms with Crippen molar-refractivity contribution in [3.05, 3.63) is 53.6 Å². The Kier molecular flexibility index (Phi) is 6.29. The Morgan fingerprint density at radius 3 is 2.55 bits per heavy atom. The lowest BCUT2D eigenvalue weighted by molar-refractivity contribution is -0.137. The molecule has 0 radical (unpaired) electrons. The number of hydrogen-bond donors (Lipinski definition) is 0. The predicted octanol–water partition coefficient (Wildman–Crippen LogP) is 2.51. The van der Waals surface area contributed by atoms with Crippen molar-refractivity contribution in [1.29, 1.82) is 0 Å². The van der Waals surface area contributed by atoms with Gasteiger partial charge in [-0.1, -0.05) is 12.1 Å². The molecule has 3 aliphatic rings. The Balaban J connectivity index is 1.19. The minimum absolute atomic E-state index is 0.174. The van der Waals surface area contributed by atoms with Crippen molar-refractivity contribution in [2.75, 3.05) is 51.3 Å². The molecule has 3 aliphatic heterocycles. The van der Waals surface area contributed by atoms with E-state index in [2.05, 4.69) is 14.8 Å². The Morgan fingerprint density at radius 2 is 1.82 bits per heavy atom. The molecule has 1 aromatic heterocycles. The van der Waals surface area contributed by atoms with Gasteiger partial charge in [-0.3, -0.25) is 9.69 Å². The second kappa shape index (κ2) is 9.35. The van der Waals surface area contributed by atoms with E-state index in [1.165, 1.54) is 12.1 Å². The van der Waals surface area contributed by atoms with Crippen LogP contribution in [0.3, 0.4) is 0 Å². The number of benzene rings is 1. The summed E-state index contributed by atoms with van der Waals surface area (Å²) in [5.41, 5.74) is 1.84. The van der Waals surface area contributed by atoms with E-state index in [0.717, 1.165) is 75.6 Å². The van der Waals surface area contributed by atoms with E-state index < -0.39 is 0 Å². The van der Waals surface area contributed by atoms with Gasteiger partial charge in [-0.05, 0) is 62.5 Å². The lowest BCUT2D eigenvalue weighted by atomic mass is 9.75. The number of aromatic nitrogens is 2. The fourth-order valence-electron chi connectivity index (χ4n) is 5.49. The lowest BCUT2D eigenvalue weighted by Crippen LogP contribution is -2.44. The maximum Gasteiger partial charge on any atom is 0.228 e. The first kappa shape index (κ1) is 22.2. The maximum absolute atomic E-state index is 13.2. The van der Waals surface area contributed by atoms with Crippen molar-refractivity contribution in [2.24, 2.45) is 5.41 Å². The number of likely N-dealkylation sites (tertiary alicyclic amines) is 2. The molecule has 176 valence electrons. The third kappa shape index (κ3) is 4.73. The van der Waals surface area contributed by atoms with Gasteiger partial charge in [0, 0.05) is 38.9 Å². The zero-order chi connectivity index (χ0) is 22.8. The van der Waals surface area contributed by atoms with Gasteiger partial charge >= 0.3 is 0 Å². The number of rotatable bonds is 5. The SMILES string of the molecule is CN1C(=O)C2(CCN(Cc3ccnc(N4CCOCC4)n3)CC2)C[C@@H]1Cc1ccc(F)cc1. The minimum atomic E-state index is -0.263. The van der Waals surface area contributed by atoms with Crippen molar-refractivity contribution in [3.63, 3.8) is 0 Å². The van der Waals surface area contributed by atoms with Crippen LogP contribution in [0.25, 0.3) is 0 Å². The van der Waals surface area contributed by atoms with Crippen LogP contribution in [-0.4, -0.2) is 78.2 Å².